The molecule has 0 amide bonds. The molecule has 0 aliphatic carbocycles. The number of benzene rings is 1. The van der Waals surface area contributed by atoms with Crippen LogP contribution in [0.1, 0.15) is 5.69 Å². The zero-order chi connectivity index (χ0) is 10.8. The second kappa shape index (κ2) is 4.05. The molecular formula is C8H7FN2O3S. The zero-order valence-corrected chi connectivity index (χ0v) is 8.25. The van der Waals surface area contributed by atoms with Gasteiger partial charge in [-0.1, -0.05) is 5.16 Å². The number of fused-ring (bicyclic) bond motifs is 1. The van der Waals surface area contributed by atoms with Crippen LogP contribution in [0.25, 0.3) is 11.0 Å². The number of aromatic nitrogens is 1. The van der Waals surface area contributed by atoms with Gasteiger partial charge in [-0.15, -0.1) is 0 Å². The third-order valence-electron chi connectivity index (χ3n) is 1.87. The van der Waals surface area contributed by atoms with Gasteiger partial charge in [0.25, 0.3) is 0 Å². The van der Waals surface area contributed by atoms with Crippen LogP contribution in [0.3, 0.4) is 0 Å². The van der Waals surface area contributed by atoms with Crippen molar-refractivity contribution < 1.29 is 17.7 Å². The molecule has 1 aromatic carbocycles. The second-order valence-electron chi connectivity index (χ2n) is 2.84. The lowest BCUT2D eigenvalue weighted by Crippen LogP contribution is -2.15. The Hall–Kier alpha value is -1.31. The Balaban J connectivity index is 2.32. The quantitative estimate of drug-likeness (QED) is 0.777. The minimum Gasteiger partial charge on any atom is -0.356 e. The lowest BCUT2D eigenvalue weighted by Gasteiger charge is -1.95. The first kappa shape index (κ1) is 10.2. The molecule has 2 aromatic rings. The molecule has 0 bridgehead atoms. The number of hydrogen-bond acceptors (Lipinski definition) is 3. The number of nitrogens with zero attached hydrogens (tertiary/aromatic N) is 1. The third kappa shape index (κ3) is 2.20. The van der Waals surface area contributed by atoms with E-state index >= 15 is 0 Å². The Kier molecular flexibility index (Phi) is 2.76. The molecule has 5 nitrogen and oxygen atoms in total. The SMILES string of the molecule is O=S(O)NCc1noc2cc(F)ccc12. The molecule has 0 aliphatic heterocycles. The molecule has 15 heavy (non-hydrogen) atoms. The summed E-state index contributed by atoms with van der Waals surface area (Å²) in [4.78, 5) is 0. The first-order chi connectivity index (χ1) is 7.16. The Morgan fingerprint density at radius 3 is 3.13 bits per heavy atom. The maximum Gasteiger partial charge on any atom is 0.232 e. The van der Waals surface area contributed by atoms with Gasteiger partial charge in [0.2, 0.25) is 11.3 Å². The summed E-state index contributed by atoms with van der Waals surface area (Å²) in [5, 5.41) is 4.28. The van der Waals surface area contributed by atoms with Crippen molar-refractivity contribution in [2.75, 3.05) is 0 Å². The van der Waals surface area contributed by atoms with Crippen LogP contribution in [-0.4, -0.2) is 13.9 Å². The fraction of sp³-hybridized carbons (Fsp3) is 0.125. The van der Waals surface area contributed by atoms with E-state index in [1.54, 1.807) is 0 Å². The average Bonchev–Trinajstić information content (AvgIpc) is 2.57. The Labute approximate surface area is 86.7 Å². The molecule has 1 aromatic heterocycles. The van der Waals surface area contributed by atoms with Gasteiger partial charge >= 0.3 is 0 Å². The minimum atomic E-state index is -2.10. The maximum atomic E-state index is 12.8. The van der Waals surface area contributed by atoms with Crippen LogP contribution >= 0.6 is 0 Å². The molecule has 2 N–H and O–H groups in total. The second-order valence-corrected chi connectivity index (χ2v) is 3.63. The lowest BCUT2D eigenvalue weighted by atomic mass is 10.2. The maximum absolute atomic E-state index is 12.8. The molecule has 1 heterocycles. The van der Waals surface area contributed by atoms with Crippen LogP contribution in [0.15, 0.2) is 22.7 Å². The number of nitrogens with one attached hydrogen (secondary N) is 1. The van der Waals surface area contributed by atoms with Gasteiger partial charge in [-0.25, -0.2) is 13.3 Å². The predicted octanol–water partition coefficient (Wildman–Crippen LogP) is 1.19. The molecule has 0 spiro atoms. The molecular weight excluding hydrogens is 223 g/mol. The van der Waals surface area contributed by atoms with Crippen LogP contribution in [0.2, 0.25) is 0 Å². The largest absolute Gasteiger partial charge is 0.356 e. The fourth-order valence-corrected chi connectivity index (χ4v) is 1.48. The van der Waals surface area contributed by atoms with Crippen molar-refractivity contribution in [1.82, 2.24) is 9.88 Å². The highest BCUT2D eigenvalue weighted by atomic mass is 32.2. The highest BCUT2D eigenvalue weighted by Gasteiger charge is 2.09. The zero-order valence-electron chi connectivity index (χ0n) is 7.44. The van der Waals surface area contributed by atoms with Crippen LogP contribution in [0.5, 0.6) is 0 Å². The van der Waals surface area contributed by atoms with Gasteiger partial charge in [0, 0.05) is 11.5 Å². The third-order valence-corrected chi connectivity index (χ3v) is 2.26. The first-order valence-electron chi connectivity index (χ1n) is 4.05. The summed E-state index contributed by atoms with van der Waals surface area (Å²) in [5.74, 6) is -0.413. The first-order valence-corrected chi connectivity index (χ1v) is 5.15. The topological polar surface area (TPSA) is 75.4 Å². The summed E-state index contributed by atoms with van der Waals surface area (Å²) >= 11 is -2.10. The summed E-state index contributed by atoms with van der Waals surface area (Å²) in [6.45, 7) is 0.0851. The minimum absolute atomic E-state index is 0.0851. The number of halogens is 1. The van der Waals surface area contributed by atoms with E-state index in [0.29, 0.717) is 16.7 Å². The van der Waals surface area contributed by atoms with E-state index in [1.165, 1.54) is 18.2 Å². The van der Waals surface area contributed by atoms with Gasteiger partial charge in [0.1, 0.15) is 11.5 Å². The van der Waals surface area contributed by atoms with Crippen molar-refractivity contribution in [3.8, 4) is 0 Å². The Morgan fingerprint density at radius 2 is 2.40 bits per heavy atom. The van der Waals surface area contributed by atoms with Gasteiger partial charge in [-0.3, -0.25) is 4.55 Å². The molecule has 0 saturated heterocycles. The van der Waals surface area contributed by atoms with Crippen molar-refractivity contribution in [3.63, 3.8) is 0 Å². The number of rotatable bonds is 3. The van der Waals surface area contributed by atoms with Crippen molar-refractivity contribution in [2.24, 2.45) is 0 Å². The molecule has 2 rings (SSSR count). The number of hydrogen-bond donors (Lipinski definition) is 2. The van der Waals surface area contributed by atoms with Gasteiger partial charge in [0.15, 0.2) is 5.58 Å². The summed E-state index contributed by atoms with van der Waals surface area (Å²) in [7, 11) is 0. The smallest absolute Gasteiger partial charge is 0.232 e. The van der Waals surface area contributed by atoms with E-state index in [9.17, 15) is 8.60 Å². The van der Waals surface area contributed by atoms with Gasteiger partial charge in [-0.05, 0) is 12.1 Å². The molecule has 0 radical (unpaired) electrons. The van der Waals surface area contributed by atoms with Crippen molar-refractivity contribution >= 4 is 22.2 Å². The Morgan fingerprint density at radius 1 is 1.60 bits per heavy atom. The van der Waals surface area contributed by atoms with Crippen molar-refractivity contribution in [1.29, 1.82) is 0 Å². The van der Waals surface area contributed by atoms with E-state index < -0.39 is 17.1 Å². The molecule has 7 heteroatoms. The van der Waals surface area contributed by atoms with Crippen LogP contribution < -0.4 is 4.72 Å². The van der Waals surface area contributed by atoms with Crippen molar-refractivity contribution in [3.05, 3.63) is 29.7 Å². The highest BCUT2D eigenvalue weighted by molar-refractivity contribution is 7.77. The van der Waals surface area contributed by atoms with E-state index in [1.807, 2.05) is 0 Å². The van der Waals surface area contributed by atoms with E-state index in [0.717, 1.165) is 0 Å². The fourth-order valence-electron chi connectivity index (χ4n) is 1.22. The summed E-state index contributed by atoms with van der Waals surface area (Å²) in [5.41, 5.74) is 0.780. The van der Waals surface area contributed by atoms with E-state index in [2.05, 4.69) is 9.88 Å². The predicted molar refractivity (Wildman–Crippen MR) is 51.6 cm³/mol. The summed E-state index contributed by atoms with van der Waals surface area (Å²) in [6.07, 6.45) is 0. The molecule has 0 fully saturated rings. The van der Waals surface area contributed by atoms with Gasteiger partial charge in [0.05, 0.1) is 6.54 Å². The van der Waals surface area contributed by atoms with Gasteiger partial charge in [-0.2, -0.15) is 0 Å². The van der Waals surface area contributed by atoms with Crippen LogP contribution in [-0.2, 0) is 17.8 Å². The van der Waals surface area contributed by atoms with Gasteiger partial charge < -0.3 is 4.52 Å². The highest BCUT2D eigenvalue weighted by Crippen LogP contribution is 2.19. The summed E-state index contributed by atoms with van der Waals surface area (Å²) < 4.78 is 38.8. The molecule has 1 atom stereocenters. The van der Waals surface area contributed by atoms with Crippen molar-refractivity contribution in [2.45, 2.75) is 6.54 Å². The van der Waals surface area contributed by atoms with E-state index in [-0.39, 0.29) is 6.54 Å². The van der Waals surface area contributed by atoms with Crippen LogP contribution in [0, 0.1) is 5.82 Å². The monoisotopic (exact) mass is 230 g/mol. The molecule has 80 valence electrons. The normalized spacial score (nSPS) is 13.2. The van der Waals surface area contributed by atoms with Crippen LogP contribution in [0.4, 0.5) is 4.39 Å². The van der Waals surface area contributed by atoms with E-state index in [4.69, 9.17) is 9.08 Å². The lowest BCUT2D eigenvalue weighted by molar-refractivity contribution is 0.443. The average molecular weight is 230 g/mol. The molecule has 0 saturated carbocycles. The molecule has 0 aliphatic rings. The molecule has 1 unspecified atom stereocenters. The summed E-state index contributed by atoms with van der Waals surface area (Å²) in [6, 6.07) is 4.00. The standard InChI is InChI=1S/C8H7FN2O3S/c9-5-1-2-6-7(4-10-15(12)13)11-14-8(6)3-5/h1-3,10H,4H2,(H,12,13). The Bertz CT molecular complexity index is 514.